The SMILES string of the molecule is Nc1cn[nH]c1C(=O)Oc1cccc(F)c1. The third kappa shape index (κ3) is 2.00. The van der Waals surface area contributed by atoms with Crippen LogP contribution in [0.4, 0.5) is 10.1 Å². The van der Waals surface area contributed by atoms with Crippen LogP contribution in [0.2, 0.25) is 0 Å². The van der Waals surface area contributed by atoms with Gasteiger partial charge in [0.15, 0.2) is 5.69 Å². The molecule has 0 radical (unpaired) electrons. The van der Waals surface area contributed by atoms with Crippen LogP contribution in [-0.4, -0.2) is 16.2 Å². The number of aromatic nitrogens is 2. The Hall–Kier alpha value is -2.37. The molecule has 0 saturated carbocycles. The number of halogens is 1. The Balaban J connectivity index is 2.17. The molecule has 16 heavy (non-hydrogen) atoms. The lowest BCUT2D eigenvalue weighted by atomic mass is 10.3. The van der Waals surface area contributed by atoms with Crippen LogP contribution < -0.4 is 10.5 Å². The van der Waals surface area contributed by atoms with Gasteiger partial charge in [-0.2, -0.15) is 5.10 Å². The van der Waals surface area contributed by atoms with Gasteiger partial charge in [0, 0.05) is 6.07 Å². The Kier molecular flexibility index (Phi) is 2.55. The normalized spacial score (nSPS) is 10.1. The first-order valence-electron chi connectivity index (χ1n) is 4.43. The number of carbonyl (C=O) groups excluding carboxylic acids is 1. The summed E-state index contributed by atoms with van der Waals surface area (Å²) in [5.74, 6) is -1.08. The van der Waals surface area contributed by atoms with Gasteiger partial charge in [-0.1, -0.05) is 6.07 Å². The molecule has 0 saturated heterocycles. The van der Waals surface area contributed by atoms with Crippen LogP contribution in [0.15, 0.2) is 30.5 Å². The minimum Gasteiger partial charge on any atom is -0.422 e. The molecule has 3 N–H and O–H groups in total. The molecule has 0 fully saturated rings. The molecule has 0 bridgehead atoms. The maximum absolute atomic E-state index is 12.8. The highest BCUT2D eigenvalue weighted by Gasteiger charge is 2.14. The first-order valence-corrected chi connectivity index (χ1v) is 4.43. The third-order valence-electron chi connectivity index (χ3n) is 1.88. The van der Waals surface area contributed by atoms with Gasteiger partial charge in [-0.3, -0.25) is 5.10 Å². The van der Waals surface area contributed by atoms with Crippen LogP contribution in [0.3, 0.4) is 0 Å². The number of aromatic amines is 1. The van der Waals surface area contributed by atoms with Gasteiger partial charge < -0.3 is 10.5 Å². The second-order valence-electron chi connectivity index (χ2n) is 3.05. The molecular weight excluding hydrogens is 213 g/mol. The van der Waals surface area contributed by atoms with E-state index in [0.717, 1.165) is 6.07 Å². The molecule has 0 aliphatic carbocycles. The molecule has 0 atom stereocenters. The van der Waals surface area contributed by atoms with E-state index in [1.54, 1.807) is 0 Å². The number of H-pyrrole nitrogens is 1. The molecule has 6 heteroatoms. The maximum atomic E-state index is 12.8. The van der Waals surface area contributed by atoms with Crippen molar-refractivity contribution in [2.45, 2.75) is 0 Å². The van der Waals surface area contributed by atoms with Crippen LogP contribution in [0, 0.1) is 5.82 Å². The largest absolute Gasteiger partial charge is 0.422 e. The van der Waals surface area contributed by atoms with Crippen molar-refractivity contribution in [2.75, 3.05) is 5.73 Å². The average Bonchev–Trinajstić information content (AvgIpc) is 2.64. The molecule has 2 rings (SSSR count). The van der Waals surface area contributed by atoms with Gasteiger partial charge in [0.05, 0.1) is 11.9 Å². The standard InChI is InChI=1S/C10H8FN3O2/c11-6-2-1-3-7(4-6)16-10(15)9-8(12)5-13-14-9/h1-5H,12H2,(H,13,14). The van der Waals surface area contributed by atoms with Gasteiger partial charge in [-0.05, 0) is 12.1 Å². The number of esters is 1. The van der Waals surface area contributed by atoms with E-state index in [1.807, 2.05) is 0 Å². The molecular formula is C10H8FN3O2. The molecule has 2 aromatic rings. The average molecular weight is 221 g/mol. The fourth-order valence-corrected chi connectivity index (χ4v) is 1.15. The van der Waals surface area contributed by atoms with Gasteiger partial charge >= 0.3 is 5.97 Å². The summed E-state index contributed by atoms with van der Waals surface area (Å²) in [4.78, 5) is 11.5. The van der Waals surface area contributed by atoms with Crippen LogP contribution in [0.25, 0.3) is 0 Å². The minimum atomic E-state index is -0.708. The summed E-state index contributed by atoms with van der Waals surface area (Å²) in [5.41, 5.74) is 5.68. The quantitative estimate of drug-likeness (QED) is 0.592. The van der Waals surface area contributed by atoms with Crippen LogP contribution >= 0.6 is 0 Å². The molecule has 1 aromatic heterocycles. The number of rotatable bonds is 2. The Morgan fingerprint density at radius 3 is 2.94 bits per heavy atom. The summed E-state index contributed by atoms with van der Waals surface area (Å²) < 4.78 is 17.7. The lowest BCUT2D eigenvalue weighted by Crippen LogP contribution is -2.11. The molecule has 1 aromatic carbocycles. The van der Waals surface area contributed by atoms with E-state index in [-0.39, 0.29) is 17.1 Å². The number of nitrogen functional groups attached to an aromatic ring is 1. The van der Waals surface area contributed by atoms with Crippen molar-refractivity contribution in [3.8, 4) is 5.75 Å². The van der Waals surface area contributed by atoms with Crippen molar-refractivity contribution >= 4 is 11.7 Å². The summed E-state index contributed by atoms with van der Waals surface area (Å²) in [6.45, 7) is 0. The number of hydrogen-bond donors (Lipinski definition) is 2. The molecule has 0 unspecified atom stereocenters. The summed E-state index contributed by atoms with van der Waals surface area (Å²) in [6, 6.07) is 5.26. The van der Waals surface area contributed by atoms with Crippen molar-refractivity contribution in [2.24, 2.45) is 0 Å². The number of ether oxygens (including phenoxy) is 1. The summed E-state index contributed by atoms with van der Waals surface area (Å²) >= 11 is 0. The number of benzene rings is 1. The maximum Gasteiger partial charge on any atom is 0.363 e. The Morgan fingerprint density at radius 2 is 2.31 bits per heavy atom. The summed E-state index contributed by atoms with van der Waals surface area (Å²) in [7, 11) is 0. The number of nitrogens with zero attached hydrogens (tertiary/aromatic N) is 1. The minimum absolute atomic E-state index is 0.0456. The fraction of sp³-hybridized carbons (Fsp3) is 0. The molecule has 5 nitrogen and oxygen atoms in total. The zero-order valence-electron chi connectivity index (χ0n) is 8.11. The van der Waals surface area contributed by atoms with Crippen LogP contribution in [0.5, 0.6) is 5.75 Å². The molecule has 0 aliphatic heterocycles. The number of hydrogen-bond acceptors (Lipinski definition) is 4. The van der Waals surface area contributed by atoms with Crippen molar-refractivity contribution in [3.63, 3.8) is 0 Å². The summed E-state index contributed by atoms with van der Waals surface area (Å²) in [5, 5.41) is 5.97. The second kappa shape index (κ2) is 4.01. The molecule has 82 valence electrons. The highest BCUT2D eigenvalue weighted by molar-refractivity contribution is 5.94. The topological polar surface area (TPSA) is 81.0 Å². The Morgan fingerprint density at radius 1 is 1.50 bits per heavy atom. The molecule has 0 aliphatic rings. The fourth-order valence-electron chi connectivity index (χ4n) is 1.15. The first kappa shape index (κ1) is 10.2. The monoisotopic (exact) mass is 221 g/mol. The van der Waals surface area contributed by atoms with Crippen molar-refractivity contribution in [1.29, 1.82) is 0 Å². The smallest absolute Gasteiger partial charge is 0.363 e. The van der Waals surface area contributed by atoms with Gasteiger partial charge in [0.25, 0.3) is 0 Å². The van der Waals surface area contributed by atoms with Crippen molar-refractivity contribution < 1.29 is 13.9 Å². The van der Waals surface area contributed by atoms with E-state index in [1.165, 1.54) is 24.4 Å². The highest BCUT2D eigenvalue weighted by Crippen LogP contribution is 2.15. The zero-order chi connectivity index (χ0) is 11.5. The van der Waals surface area contributed by atoms with Crippen molar-refractivity contribution in [1.82, 2.24) is 10.2 Å². The third-order valence-corrected chi connectivity index (χ3v) is 1.88. The highest BCUT2D eigenvalue weighted by atomic mass is 19.1. The van der Waals surface area contributed by atoms with Gasteiger partial charge in [0.2, 0.25) is 0 Å². The number of nitrogens with two attached hydrogens (primary N) is 1. The Labute approximate surface area is 90.0 Å². The lowest BCUT2D eigenvalue weighted by molar-refractivity contribution is 0.0729. The zero-order valence-corrected chi connectivity index (χ0v) is 8.11. The van der Waals surface area contributed by atoms with E-state index in [4.69, 9.17) is 10.5 Å². The number of carbonyl (C=O) groups is 1. The lowest BCUT2D eigenvalue weighted by Gasteiger charge is -2.02. The van der Waals surface area contributed by atoms with Gasteiger partial charge in [-0.25, -0.2) is 9.18 Å². The summed E-state index contributed by atoms with van der Waals surface area (Å²) in [6.07, 6.45) is 1.29. The predicted octanol–water partition coefficient (Wildman–Crippen LogP) is 1.35. The van der Waals surface area contributed by atoms with Crippen LogP contribution in [0.1, 0.15) is 10.5 Å². The van der Waals surface area contributed by atoms with E-state index in [0.29, 0.717) is 0 Å². The first-order chi connectivity index (χ1) is 7.66. The molecule has 0 amide bonds. The molecule has 0 spiro atoms. The number of nitrogens with one attached hydrogen (secondary N) is 1. The van der Waals surface area contributed by atoms with E-state index >= 15 is 0 Å². The van der Waals surface area contributed by atoms with E-state index in [2.05, 4.69) is 10.2 Å². The van der Waals surface area contributed by atoms with E-state index in [9.17, 15) is 9.18 Å². The predicted molar refractivity (Wildman–Crippen MR) is 54.4 cm³/mol. The number of anilines is 1. The van der Waals surface area contributed by atoms with Crippen molar-refractivity contribution in [3.05, 3.63) is 42.0 Å². The van der Waals surface area contributed by atoms with E-state index < -0.39 is 11.8 Å². The van der Waals surface area contributed by atoms with Gasteiger partial charge in [-0.15, -0.1) is 0 Å². The van der Waals surface area contributed by atoms with Gasteiger partial charge in [0.1, 0.15) is 11.6 Å². The molecule has 1 heterocycles. The van der Waals surface area contributed by atoms with Crippen LogP contribution in [-0.2, 0) is 0 Å². The Bertz CT molecular complexity index is 524. The second-order valence-corrected chi connectivity index (χ2v) is 3.05.